The first kappa shape index (κ1) is 6.97. The predicted octanol–water partition coefficient (Wildman–Crippen LogP) is 1.45. The number of fused-ring (bicyclic) bond motifs is 1. The number of nitrogens with two attached hydrogens (primary N) is 1. The standard InChI is InChI=1S/C8H9N3O/c1-10-8-6-3-2-5(9)4-7(6)12-11-8/h2-4H,9H2,1H3,(H,10,11). The van der Waals surface area contributed by atoms with Crippen molar-refractivity contribution in [1.29, 1.82) is 0 Å². The fourth-order valence-corrected chi connectivity index (χ4v) is 1.13. The minimum absolute atomic E-state index is 0.682. The van der Waals surface area contributed by atoms with Crippen LogP contribution in [0.25, 0.3) is 11.0 Å². The average molecular weight is 163 g/mol. The molecule has 4 nitrogen and oxygen atoms in total. The molecule has 0 aliphatic rings. The number of nitrogen functional groups attached to an aromatic ring is 1. The lowest BCUT2D eigenvalue weighted by molar-refractivity contribution is 0.460. The normalized spacial score (nSPS) is 10.4. The summed E-state index contributed by atoms with van der Waals surface area (Å²) >= 11 is 0. The van der Waals surface area contributed by atoms with Crippen LogP contribution < -0.4 is 11.1 Å². The van der Waals surface area contributed by atoms with E-state index in [1.54, 1.807) is 13.1 Å². The van der Waals surface area contributed by atoms with E-state index >= 15 is 0 Å². The van der Waals surface area contributed by atoms with Gasteiger partial charge in [-0.1, -0.05) is 5.16 Å². The summed E-state index contributed by atoms with van der Waals surface area (Å²) in [5.74, 6) is 0.741. The SMILES string of the molecule is CNc1noc2cc(N)ccc12. The molecule has 4 heteroatoms. The maximum Gasteiger partial charge on any atom is 0.177 e. The second-order valence-corrected chi connectivity index (χ2v) is 2.54. The van der Waals surface area contributed by atoms with Gasteiger partial charge in [0.1, 0.15) is 0 Å². The highest BCUT2D eigenvalue weighted by molar-refractivity contribution is 5.89. The molecule has 0 fully saturated rings. The van der Waals surface area contributed by atoms with Crippen LogP contribution in [0.4, 0.5) is 11.5 Å². The fraction of sp³-hybridized carbons (Fsp3) is 0.125. The van der Waals surface area contributed by atoms with Gasteiger partial charge in [0, 0.05) is 18.8 Å². The van der Waals surface area contributed by atoms with E-state index < -0.39 is 0 Å². The molecule has 2 aromatic rings. The molecule has 0 amide bonds. The monoisotopic (exact) mass is 163 g/mol. The van der Waals surface area contributed by atoms with Gasteiger partial charge in [0.15, 0.2) is 11.4 Å². The molecular formula is C8H9N3O. The van der Waals surface area contributed by atoms with E-state index in [2.05, 4.69) is 10.5 Å². The average Bonchev–Trinajstić information content (AvgIpc) is 2.46. The molecule has 0 aliphatic carbocycles. The number of rotatable bonds is 1. The molecular weight excluding hydrogens is 154 g/mol. The van der Waals surface area contributed by atoms with Crippen molar-refractivity contribution in [1.82, 2.24) is 5.16 Å². The van der Waals surface area contributed by atoms with E-state index in [4.69, 9.17) is 10.3 Å². The van der Waals surface area contributed by atoms with Crippen LogP contribution in [0.1, 0.15) is 0 Å². The van der Waals surface area contributed by atoms with Gasteiger partial charge in [-0.3, -0.25) is 0 Å². The Labute approximate surface area is 69.3 Å². The molecule has 1 aromatic carbocycles. The summed E-state index contributed by atoms with van der Waals surface area (Å²) in [6.45, 7) is 0. The van der Waals surface area contributed by atoms with Gasteiger partial charge in [0.2, 0.25) is 0 Å². The number of nitrogens with zero attached hydrogens (tertiary/aromatic N) is 1. The summed E-state index contributed by atoms with van der Waals surface area (Å²) in [4.78, 5) is 0. The Morgan fingerprint density at radius 1 is 1.50 bits per heavy atom. The molecule has 0 spiro atoms. The minimum atomic E-state index is 0.682. The van der Waals surface area contributed by atoms with Gasteiger partial charge in [-0.25, -0.2) is 0 Å². The Kier molecular flexibility index (Phi) is 1.40. The molecule has 0 radical (unpaired) electrons. The summed E-state index contributed by atoms with van der Waals surface area (Å²) in [5, 5.41) is 7.69. The number of hydrogen-bond donors (Lipinski definition) is 2. The highest BCUT2D eigenvalue weighted by Gasteiger charge is 2.04. The molecule has 1 heterocycles. The van der Waals surface area contributed by atoms with Crippen LogP contribution in [0.2, 0.25) is 0 Å². The van der Waals surface area contributed by atoms with E-state index in [-0.39, 0.29) is 0 Å². The molecule has 0 bridgehead atoms. The van der Waals surface area contributed by atoms with Crippen molar-refractivity contribution in [3.63, 3.8) is 0 Å². The fourth-order valence-electron chi connectivity index (χ4n) is 1.13. The summed E-state index contributed by atoms with van der Waals surface area (Å²) in [5.41, 5.74) is 6.96. The lowest BCUT2D eigenvalue weighted by atomic mass is 10.2. The number of hydrogen-bond acceptors (Lipinski definition) is 4. The summed E-state index contributed by atoms with van der Waals surface area (Å²) in [7, 11) is 1.80. The first-order valence-corrected chi connectivity index (χ1v) is 3.64. The highest BCUT2D eigenvalue weighted by Crippen LogP contribution is 2.23. The Morgan fingerprint density at radius 3 is 3.08 bits per heavy atom. The van der Waals surface area contributed by atoms with E-state index in [0.29, 0.717) is 11.3 Å². The van der Waals surface area contributed by atoms with Gasteiger partial charge in [0.05, 0.1) is 5.39 Å². The van der Waals surface area contributed by atoms with Crippen LogP contribution >= 0.6 is 0 Å². The van der Waals surface area contributed by atoms with E-state index in [1.807, 2.05) is 12.1 Å². The smallest absolute Gasteiger partial charge is 0.177 e. The van der Waals surface area contributed by atoms with Crippen LogP contribution in [-0.4, -0.2) is 12.2 Å². The summed E-state index contributed by atoms with van der Waals surface area (Å²) < 4.78 is 5.03. The Bertz CT molecular complexity index is 408. The molecule has 12 heavy (non-hydrogen) atoms. The van der Waals surface area contributed by atoms with Gasteiger partial charge >= 0.3 is 0 Å². The third-order valence-electron chi connectivity index (χ3n) is 1.73. The molecule has 3 N–H and O–H groups in total. The maximum atomic E-state index is 5.57. The van der Waals surface area contributed by atoms with Gasteiger partial charge in [-0.15, -0.1) is 0 Å². The van der Waals surface area contributed by atoms with Crippen LogP contribution in [0.5, 0.6) is 0 Å². The van der Waals surface area contributed by atoms with E-state index in [9.17, 15) is 0 Å². The first-order valence-electron chi connectivity index (χ1n) is 3.64. The van der Waals surface area contributed by atoms with Crippen LogP contribution in [-0.2, 0) is 0 Å². The van der Waals surface area contributed by atoms with Crippen LogP contribution in [0, 0.1) is 0 Å². The van der Waals surface area contributed by atoms with Gasteiger partial charge in [0.25, 0.3) is 0 Å². The van der Waals surface area contributed by atoms with Gasteiger partial charge < -0.3 is 15.6 Å². The Hall–Kier alpha value is -1.71. The van der Waals surface area contributed by atoms with Gasteiger partial charge in [-0.2, -0.15) is 0 Å². The van der Waals surface area contributed by atoms with Crippen molar-refractivity contribution in [3.8, 4) is 0 Å². The zero-order valence-corrected chi connectivity index (χ0v) is 6.66. The zero-order valence-electron chi connectivity index (χ0n) is 6.66. The molecule has 0 saturated carbocycles. The number of anilines is 2. The topological polar surface area (TPSA) is 64.1 Å². The highest BCUT2D eigenvalue weighted by atomic mass is 16.5. The molecule has 0 saturated heterocycles. The van der Waals surface area contributed by atoms with Crippen molar-refractivity contribution in [2.75, 3.05) is 18.1 Å². The quantitative estimate of drug-likeness (QED) is 0.624. The second kappa shape index (κ2) is 2.41. The molecule has 0 unspecified atom stereocenters. The second-order valence-electron chi connectivity index (χ2n) is 2.54. The Morgan fingerprint density at radius 2 is 2.33 bits per heavy atom. The van der Waals surface area contributed by atoms with E-state index in [1.165, 1.54) is 0 Å². The lowest BCUT2D eigenvalue weighted by Gasteiger charge is -1.92. The lowest BCUT2D eigenvalue weighted by Crippen LogP contribution is -1.87. The summed E-state index contributed by atoms with van der Waals surface area (Å²) in [6.07, 6.45) is 0. The van der Waals surface area contributed by atoms with Crippen LogP contribution in [0.15, 0.2) is 22.7 Å². The largest absolute Gasteiger partial charge is 0.399 e. The molecule has 0 aliphatic heterocycles. The third-order valence-corrected chi connectivity index (χ3v) is 1.73. The Balaban J connectivity index is 2.73. The van der Waals surface area contributed by atoms with Crippen molar-refractivity contribution >= 4 is 22.5 Å². The maximum absolute atomic E-state index is 5.57. The van der Waals surface area contributed by atoms with Crippen molar-refractivity contribution in [2.24, 2.45) is 0 Å². The van der Waals surface area contributed by atoms with Crippen LogP contribution in [0.3, 0.4) is 0 Å². The third kappa shape index (κ3) is 0.887. The van der Waals surface area contributed by atoms with Crippen molar-refractivity contribution in [3.05, 3.63) is 18.2 Å². The first-order chi connectivity index (χ1) is 5.81. The summed E-state index contributed by atoms with van der Waals surface area (Å²) in [6, 6.07) is 5.45. The zero-order chi connectivity index (χ0) is 8.55. The predicted molar refractivity (Wildman–Crippen MR) is 48.0 cm³/mol. The number of aromatic nitrogens is 1. The van der Waals surface area contributed by atoms with Crippen molar-refractivity contribution in [2.45, 2.75) is 0 Å². The van der Waals surface area contributed by atoms with E-state index in [0.717, 1.165) is 11.2 Å². The minimum Gasteiger partial charge on any atom is -0.399 e. The number of benzene rings is 1. The molecule has 2 rings (SSSR count). The molecule has 1 aromatic heterocycles. The molecule has 0 atom stereocenters. The number of nitrogens with one attached hydrogen (secondary N) is 1. The van der Waals surface area contributed by atoms with Crippen molar-refractivity contribution < 1.29 is 4.52 Å². The molecule has 62 valence electrons. The van der Waals surface area contributed by atoms with Gasteiger partial charge in [-0.05, 0) is 12.1 Å².